The number of hydrogen-bond donors (Lipinski definition) is 12. The Morgan fingerprint density at radius 2 is 0.677 bits per heavy atom. The van der Waals surface area contributed by atoms with Gasteiger partial charge in [-0.1, -0.05) is 289 Å². The van der Waals surface area contributed by atoms with Gasteiger partial charge < -0.3 is 89.9 Å². The Morgan fingerprint density at radius 3 is 1.04 bits per heavy atom. The van der Waals surface area contributed by atoms with Crippen LogP contribution in [0.2, 0.25) is 0 Å². The second-order valence-corrected chi connectivity index (χ2v) is 27.8. The van der Waals surface area contributed by atoms with Crippen molar-refractivity contribution in [3.63, 3.8) is 0 Å². The molecule has 0 radical (unpaired) electrons. The summed E-state index contributed by atoms with van der Waals surface area (Å²) in [4.78, 5) is 13.4. The number of nitrogens with one attached hydrogen (secondary N) is 1. The minimum Gasteiger partial charge on any atom is -0.394 e. The van der Waals surface area contributed by atoms with E-state index in [0.29, 0.717) is 12.8 Å². The molecule has 19 heteroatoms. The average molecular weight is 1330 g/mol. The number of unbranched alkanes of at least 4 members (excludes halogenated alkanes) is 43. The highest BCUT2D eigenvalue weighted by Gasteiger charge is 2.53. The lowest BCUT2D eigenvalue weighted by molar-refractivity contribution is -0.379. The molecule has 550 valence electrons. The van der Waals surface area contributed by atoms with Gasteiger partial charge in [0, 0.05) is 6.42 Å². The summed E-state index contributed by atoms with van der Waals surface area (Å²) in [6, 6.07) is -0.881. The van der Waals surface area contributed by atoms with Crippen LogP contribution in [0.5, 0.6) is 0 Å². The van der Waals surface area contributed by atoms with Gasteiger partial charge in [-0.25, -0.2) is 0 Å². The summed E-state index contributed by atoms with van der Waals surface area (Å²) in [5.41, 5.74) is 0. The number of carbonyl (C=O) groups excluding carboxylic acids is 1. The zero-order chi connectivity index (χ0) is 67.5. The van der Waals surface area contributed by atoms with E-state index < -0.39 is 124 Å². The van der Waals surface area contributed by atoms with Crippen molar-refractivity contribution in [2.24, 2.45) is 0 Å². The molecule has 0 bridgehead atoms. The molecule has 0 spiro atoms. The number of allylic oxidation sites excluding steroid dienone is 2. The zero-order valence-corrected chi connectivity index (χ0v) is 58.5. The summed E-state index contributed by atoms with van der Waals surface area (Å²) in [5, 5.41) is 120. The Balaban J connectivity index is 1.24. The zero-order valence-electron chi connectivity index (χ0n) is 58.5. The highest BCUT2D eigenvalue weighted by atomic mass is 16.8. The number of carbonyl (C=O) groups is 1. The van der Waals surface area contributed by atoms with Crippen LogP contribution in [0.3, 0.4) is 0 Å². The maximum absolute atomic E-state index is 13.4. The topological polar surface area (TPSA) is 307 Å². The lowest BCUT2D eigenvalue weighted by Crippen LogP contribution is -2.66. The average Bonchev–Trinajstić information content (AvgIpc) is 0.828. The number of rotatable bonds is 61. The second kappa shape index (κ2) is 56.3. The molecule has 3 rings (SSSR count). The highest BCUT2D eigenvalue weighted by molar-refractivity contribution is 5.76. The van der Waals surface area contributed by atoms with Crippen molar-refractivity contribution < 1.29 is 89.4 Å². The minimum atomic E-state index is -1.97. The van der Waals surface area contributed by atoms with E-state index in [1.165, 1.54) is 244 Å². The van der Waals surface area contributed by atoms with Gasteiger partial charge in [0.05, 0.1) is 38.6 Å². The molecule has 3 heterocycles. The normalized spacial score (nSPS) is 27.5. The van der Waals surface area contributed by atoms with E-state index in [-0.39, 0.29) is 18.9 Å². The van der Waals surface area contributed by atoms with E-state index in [9.17, 15) is 61.0 Å². The predicted octanol–water partition coefficient (Wildman–Crippen LogP) is 11.6. The SMILES string of the molecule is CCCCCCCCCC/C=C\CCCCCCCCCCCCCCCCCCCCCCCCCCCCCC(=O)NC(COC1OC(CO)C(OC2OC(CO)C(OC3OC(CO)C(O)C(O)C3O)C(O)C2O)C(O)C1O)C(O)CCCCCCCCCCC. The van der Waals surface area contributed by atoms with Crippen molar-refractivity contribution in [1.29, 1.82) is 0 Å². The molecule has 0 saturated carbocycles. The van der Waals surface area contributed by atoms with Crippen molar-refractivity contribution in [3.05, 3.63) is 12.2 Å². The number of aliphatic hydroxyl groups is 11. The molecule has 0 aromatic carbocycles. The lowest BCUT2D eigenvalue weighted by Gasteiger charge is -2.48. The molecule has 1 amide bonds. The van der Waals surface area contributed by atoms with Crippen LogP contribution in [0.1, 0.15) is 322 Å². The molecule has 19 nitrogen and oxygen atoms in total. The molecule has 93 heavy (non-hydrogen) atoms. The van der Waals surface area contributed by atoms with Crippen molar-refractivity contribution in [2.45, 2.75) is 426 Å². The molecule has 17 unspecified atom stereocenters. The molecule has 0 aromatic heterocycles. The fraction of sp³-hybridized carbons (Fsp3) is 0.959. The molecule has 17 atom stereocenters. The van der Waals surface area contributed by atoms with Gasteiger partial charge in [0.25, 0.3) is 0 Å². The molecule has 3 fully saturated rings. The van der Waals surface area contributed by atoms with Crippen LogP contribution in [0.25, 0.3) is 0 Å². The smallest absolute Gasteiger partial charge is 0.220 e. The number of ether oxygens (including phenoxy) is 6. The van der Waals surface area contributed by atoms with Crippen LogP contribution >= 0.6 is 0 Å². The van der Waals surface area contributed by atoms with Crippen LogP contribution < -0.4 is 5.32 Å². The predicted molar refractivity (Wildman–Crippen MR) is 365 cm³/mol. The Hall–Kier alpha value is -1.47. The monoisotopic (exact) mass is 1330 g/mol. The van der Waals surface area contributed by atoms with Crippen molar-refractivity contribution in [1.82, 2.24) is 5.32 Å². The van der Waals surface area contributed by atoms with Gasteiger partial charge in [-0.05, 0) is 38.5 Å². The summed E-state index contributed by atoms with van der Waals surface area (Å²) >= 11 is 0. The van der Waals surface area contributed by atoms with E-state index in [0.717, 1.165) is 44.9 Å². The van der Waals surface area contributed by atoms with Gasteiger partial charge in [-0.15, -0.1) is 0 Å². The first kappa shape index (κ1) is 85.8. The molecule has 0 aliphatic carbocycles. The van der Waals surface area contributed by atoms with Crippen LogP contribution in [0, 0.1) is 0 Å². The van der Waals surface area contributed by atoms with E-state index in [1.807, 2.05) is 0 Å². The van der Waals surface area contributed by atoms with Gasteiger partial charge in [-0.2, -0.15) is 0 Å². The van der Waals surface area contributed by atoms with Crippen LogP contribution in [0.15, 0.2) is 12.2 Å². The molecule has 3 aliphatic rings. The first-order chi connectivity index (χ1) is 45.3. The summed E-state index contributed by atoms with van der Waals surface area (Å²) in [5.74, 6) is -0.239. The Morgan fingerprint density at radius 1 is 0.376 bits per heavy atom. The molecule has 3 aliphatic heterocycles. The first-order valence-corrected chi connectivity index (χ1v) is 38.4. The van der Waals surface area contributed by atoms with Gasteiger partial charge in [-0.3, -0.25) is 4.79 Å². The van der Waals surface area contributed by atoms with Gasteiger partial charge in [0.15, 0.2) is 18.9 Å². The van der Waals surface area contributed by atoms with Gasteiger partial charge in [0.1, 0.15) is 73.2 Å². The third-order valence-electron chi connectivity index (χ3n) is 19.6. The number of hydrogen-bond acceptors (Lipinski definition) is 18. The standard InChI is InChI=1S/C74H141NO18/c1-3-5-7-9-11-13-14-15-16-17-18-19-20-21-22-23-24-25-26-27-28-29-30-31-32-33-34-35-36-37-38-39-40-41-42-44-46-48-50-52-62(80)75-57(58(79)51-49-47-45-43-12-10-8-6-4-2)56-88-72-68(86)65(83)70(60(54-77)90-72)93-74-69(87)66(84)71(61(55-78)91-74)92-73-67(85)64(82)63(81)59(53-76)89-73/h17-18,57-61,63-74,76-79,81-87H,3-16,19-56H2,1-2H3,(H,75,80)/b18-17-. The molecular weight excluding hydrogens is 1190 g/mol. The third-order valence-corrected chi connectivity index (χ3v) is 19.6. The summed E-state index contributed by atoms with van der Waals surface area (Å²) in [6.45, 7) is 1.79. The maximum atomic E-state index is 13.4. The Bertz CT molecular complexity index is 1730. The lowest BCUT2D eigenvalue weighted by atomic mass is 9.96. The van der Waals surface area contributed by atoms with Crippen molar-refractivity contribution in [3.8, 4) is 0 Å². The number of amides is 1. The Kier molecular flexibility index (Phi) is 51.9. The van der Waals surface area contributed by atoms with E-state index in [4.69, 9.17) is 28.4 Å². The van der Waals surface area contributed by atoms with E-state index in [2.05, 4.69) is 31.3 Å². The van der Waals surface area contributed by atoms with Crippen LogP contribution in [-0.2, 0) is 33.2 Å². The fourth-order valence-corrected chi connectivity index (χ4v) is 13.4. The summed E-state index contributed by atoms with van der Waals surface area (Å²) in [7, 11) is 0. The van der Waals surface area contributed by atoms with Crippen molar-refractivity contribution in [2.75, 3.05) is 26.4 Å². The highest BCUT2D eigenvalue weighted by Crippen LogP contribution is 2.33. The maximum Gasteiger partial charge on any atom is 0.220 e. The van der Waals surface area contributed by atoms with E-state index >= 15 is 0 Å². The van der Waals surface area contributed by atoms with E-state index in [1.54, 1.807) is 0 Å². The van der Waals surface area contributed by atoms with Crippen LogP contribution in [0.4, 0.5) is 0 Å². The quantitative estimate of drug-likeness (QED) is 0.0199. The van der Waals surface area contributed by atoms with Gasteiger partial charge in [0.2, 0.25) is 5.91 Å². The molecular formula is C74H141NO18. The fourth-order valence-electron chi connectivity index (χ4n) is 13.4. The third kappa shape index (κ3) is 37.5. The summed E-state index contributed by atoms with van der Waals surface area (Å²) in [6.07, 6.45) is 38.0. The summed E-state index contributed by atoms with van der Waals surface area (Å²) < 4.78 is 34.3. The largest absolute Gasteiger partial charge is 0.394 e. The Labute approximate surface area is 563 Å². The van der Waals surface area contributed by atoms with Crippen molar-refractivity contribution >= 4 is 5.91 Å². The molecule has 3 saturated heterocycles. The molecule has 0 aromatic rings. The van der Waals surface area contributed by atoms with Crippen LogP contribution in [-0.4, -0.2) is 193 Å². The first-order valence-electron chi connectivity index (χ1n) is 38.4. The van der Waals surface area contributed by atoms with Gasteiger partial charge >= 0.3 is 0 Å². The molecule has 12 N–H and O–H groups in total. The minimum absolute atomic E-state index is 0.239. The number of aliphatic hydroxyl groups excluding tert-OH is 11. The second-order valence-electron chi connectivity index (χ2n) is 27.8.